The van der Waals surface area contributed by atoms with Crippen LogP contribution in [0, 0.1) is 0 Å². The van der Waals surface area contributed by atoms with Crippen molar-refractivity contribution < 1.29 is 27.9 Å². The molecular formula is C14H18N2O6S. The number of carboxylic acids is 1. The van der Waals surface area contributed by atoms with Gasteiger partial charge < -0.3 is 15.2 Å². The number of aliphatic carboxylic acids is 1. The first-order chi connectivity index (χ1) is 10.8. The lowest BCUT2D eigenvalue weighted by molar-refractivity contribution is -0.136. The molecule has 0 heterocycles. The Bertz CT molecular complexity index is 712. The summed E-state index contributed by atoms with van der Waals surface area (Å²) in [6, 6.07) is 3.97. The van der Waals surface area contributed by atoms with Crippen molar-refractivity contribution in [2.45, 2.75) is 30.2 Å². The lowest BCUT2D eigenvalue weighted by Gasteiger charge is -2.12. The summed E-state index contributed by atoms with van der Waals surface area (Å²) < 4.78 is 32.3. The van der Waals surface area contributed by atoms with Crippen molar-refractivity contribution in [3.05, 3.63) is 23.8 Å². The Hall–Kier alpha value is -2.13. The third-order valence-corrected chi connectivity index (χ3v) is 4.78. The summed E-state index contributed by atoms with van der Waals surface area (Å²) in [4.78, 5) is 22.3. The summed E-state index contributed by atoms with van der Waals surface area (Å²) in [6.45, 7) is -0.0391. The highest BCUT2D eigenvalue weighted by Gasteiger charge is 2.30. The van der Waals surface area contributed by atoms with Gasteiger partial charge in [0.05, 0.1) is 13.5 Å². The number of sulfonamides is 1. The molecule has 0 aromatic heterocycles. The number of nitrogens with one attached hydrogen (secondary N) is 2. The zero-order valence-electron chi connectivity index (χ0n) is 12.5. The van der Waals surface area contributed by atoms with Crippen molar-refractivity contribution in [2.75, 3.05) is 13.7 Å². The predicted molar refractivity (Wildman–Crippen MR) is 80.9 cm³/mol. The first kappa shape index (κ1) is 17.2. The molecule has 0 saturated heterocycles. The normalized spacial score (nSPS) is 14.3. The van der Waals surface area contributed by atoms with Gasteiger partial charge in [-0.3, -0.25) is 9.59 Å². The smallest absolute Gasteiger partial charge is 0.305 e. The second-order valence-corrected chi connectivity index (χ2v) is 6.84. The molecule has 1 aromatic carbocycles. The van der Waals surface area contributed by atoms with E-state index in [4.69, 9.17) is 9.84 Å². The van der Waals surface area contributed by atoms with Crippen LogP contribution >= 0.6 is 0 Å². The largest absolute Gasteiger partial charge is 0.495 e. The van der Waals surface area contributed by atoms with Gasteiger partial charge in [-0.05, 0) is 31.0 Å². The molecule has 0 radical (unpaired) electrons. The van der Waals surface area contributed by atoms with Crippen LogP contribution in [0.5, 0.6) is 5.75 Å². The molecule has 0 atom stereocenters. The van der Waals surface area contributed by atoms with Crippen molar-refractivity contribution in [2.24, 2.45) is 0 Å². The Morgan fingerprint density at radius 1 is 1.35 bits per heavy atom. The molecule has 126 valence electrons. The molecule has 1 amide bonds. The minimum atomic E-state index is -3.78. The molecule has 0 aliphatic heterocycles. The summed E-state index contributed by atoms with van der Waals surface area (Å²) in [5.41, 5.74) is 0.118. The maximum absolute atomic E-state index is 12.3. The number of carbonyl (C=O) groups excluding carboxylic acids is 1. The van der Waals surface area contributed by atoms with Gasteiger partial charge in [0, 0.05) is 18.2 Å². The summed E-state index contributed by atoms with van der Waals surface area (Å²) in [6.07, 6.45) is 1.37. The number of hydrogen-bond acceptors (Lipinski definition) is 5. The molecule has 8 nitrogen and oxygen atoms in total. The van der Waals surface area contributed by atoms with E-state index in [2.05, 4.69) is 10.0 Å². The van der Waals surface area contributed by atoms with Crippen LogP contribution in [0.3, 0.4) is 0 Å². The second-order valence-electron chi connectivity index (χ2n) is 5.16. The molecule has 3 N–H and O–H groups in total. The van der Waals surface area contributed by atoms with Gasteiger partial charge in [0.2, 0.25) is 10.0 Å². The van der Waals surface area contributed by atoms with Gasteiger partial charge in [0.1, 0.15) is 10.6 Å². The molecule has 0 bridgehead atoms. The fourth-order valence-corrected chi connectivity index (χ4v) is 3.40. The van der Waals surface area contributed by atoms with Gasteiger partial charge in [0.15, 0.2) is 0 Å². The highest BCUT2D eigenvalue weighted by atomic mass is 32.2. The van der Waals surface area contributed by atoms with E-state index in [0.717, 1.165) is 12.8 Å². The maximum atomic E-state index is 12.3. The van der Waals surface area contributed by atoms with Crippen LogP contribution in [0.25, 0.3) is 0 Å². The summed E-state index contributed by atoms with van der Waals surface area (Å²) in [5.74, 6) is -1.44. The van der Waals surface area contributed by atoms with E-state index in [0.29, 0.717) is 0 Å². The molecule has 1 aliphatic rings. The minimum absolute atomic E-state index is 0.0391. The number of carboxylic acid groups (broad SMARTS) is 1. The minimum Gasteiger partial charge on any atom is -0.495 e. The van der Waals surface area contributed by atoms with E-state index in [1.54, 1.807) is 0 Å². The van der Waals surface area contributed by atoms with Crippen LogP contribution in [0.15, 0.2) is 23.1 Å². The molecule has 1 aliphatic carbocycles. The standard InChI is InChI=1S/C14H18N2O6S/c1-22-11-5-2-9(14(19)15-7-6-13(17)18)8-12(11)23(20,21)16-10-3-4-10/h2,5,8,10,16H,3-4,6-7H2,1H3,(H,15,19)(H,17,18). The molecule has 9 heteroatoms. The number of ether oxygens (including phenoxy) is 1. The van der Waals surface area contributed by atoms with Gasteiger partial charge >= 0.3 is 5.97 Å². The fourth-order valence-electron chi connectivity index (χ4n) is 1.90. The molecule has 0 spiro atoms. The summed E-state index contributed by atoms with van der Waals surface area (Å²) in [5, 5.41) is 11.0. The fraction of sp³-hybridized carbons (Fsp3) is 0.429. The first-order valence-electron chi connectivity index (χ1n) is 7.04. The SMILES string of the molecule is COc1ccc(C(=O)NCCC(=O)O)cc1S(=O)(=O)NC1CC1. The summed E-state index contributed by atoms with van der Waals surface area (Å²) in [7, 11) is -2.43. The van der Waals surface area contributed by atoms with Gasteiger partial charge in [-0.25, -0.2) is 13.1 Å². The topological polar surface area (TPSA) is 122 Å². The second kappa shape index (κ2) is 6.97. The van der Waals surface area contributed by atoms with E-state index in [1.165, 1.54) is 25.3 Å². The van der Waals surface area contributed by atoms with Gasteiger partial charge in [-0.1, -0.05) is 0 Å². The highest BCUT2D eigenvalue weighted by Crippen LogP contribution is 2.28. The van der Waals surface area contributed by atoms with Gasteiger partial charge in [-0.2, -0.15) is 0 Å². The zero-order chi connectivity index (χ0) is 17.0. The van der Waals surface area contributed by atoms with Crippen molar-refractivity contribution in [1.82, 2.24) is 10.0 Å². The zero-order valence-corrected chi connectivity index (χ0v) is 13.4. The number of carbonyl (C=O) groups is 2. The number of methoxy groups -OCH3 is 1. The van der Waals surface area contributed by atoms with E-state index in [1.807, 2.05) is 0 Å². The first-order valence-corrected chi connectivity index (χ1v) is 8.52. The van der Waals surface area contributed by atoms with E-state index < -0.39 is 21.9 Å². The summed E-state index contributed by atoms with van der Waals surface area (Å²) >= 11 is 0. The van der Waals surface area contributed by atoms with Gasteiger partial charge in [0.25, 0.3) is 5.91 Å². The van der Waals surface area contributed by atoms with Gasteiger partial charge in [-0.15, -0.1) is 0 Å². The van der Waals surface area contributed by atoms with Crippen LogP contribution < -0.4 is 14.8 Å². The monoisotopic (exact) mass is 342 g/mol. The average molecular weight is 342 g/mol. The van der Waals surface area contributed by atoms with Crippen molar-refractivity contribution in [1.29, 1.82) is 0 Å². The van der Waals surface area contributed by atoms with E-state index in [9.17, 15) is 18.0 Å². The van der Waals surface area contributed by atoms with Crippen LogP contribution in [-0.4, -0.2) is 45.1 Å². The molecule has 1 aromatic rings. The van der Waals surface area contributed by atoms with Crippen molar-refractivity contribution in [3.63, 3.8) is 0 Å². The number of hydrogen-bond donors (Lipinski definition) is 3. The molecular weight excluding hydrogens is 324 g/mol. The lowest BCUT2D eigenvalue weighted by Crippen LogP contribution is -2.28. The maximum Gasteiger partial charge on any atom is 0.305 e. The Morgan fingerprint density at radius 3 is 2.61 bits per heavy atom. The Kier molecular flexibility index (Phi) is 5.22. The average Bonchev–Trinajstić information content (AvgIpc) is 3.29. The van der Waals surface area contributed by atoms with Crippen LogP contribution in [0.1, 0.15) is 29.6 Å². The van der Waals surface area contributed by atoms with E-state index in [-0.39, 0.29) is 35.2 Å². The quantitative estimate of drug-likeness (QED) is 0.626. The third kappa shape index (κ3) is 4.67. The molecule has 2 rings (SSSR count). The van der Waals surface area contributed by atoms with Crippen LogP contribution in [0.2, 0.25) is 0 Å². The number of benzene rings is 1. The van der Waals surface area contributed by atoms with Crippen LogP contribution in [0.4, 0.5) is 0 Å². The Balaban J connectivity index is 2.20. The Morgan fingerprint density at radius 2 is 2.04 bits per heavy atom. The molecule has 1 fully saturated rings. The number of amides is 1. The van der Waals surface area contributed by atoms with Crippen molar-refractivity contribution in [3.8, 4) is 5.75 Å². The third-order valence-electron chi connectivity index (χ3n) is 3.24. The van der Waals surface area contributed by atoms with E-state index >= 15 is 0 Å². The Labute approximate surface area is 133 Å². The predicted octanol–water partition coefficient (Wildman–Crippen LogP) is 0.340. The van der Waals surface area contributed by atoms with Crippen LogP contribution in [-0.2, 0) is 14.8 Å². The molecule has 23 heavy (non-hydrogen) atoms. The highest BCUT2D eigenvalue weighted by molar-refractivity contribution is 7.89. The lowest BCUT2D eigenvalue weighted by atomic mass is 10.2. The van der Waals surface area contributed by atoms with Crippen molar-refractivity contribution >= 4 is 21.9 Å². The molecule has 1 saturated carbocycles. The number of rotatable bonds is 8. The molecule has 0 unspecified atom stereocenters.